The van der Waals surface area contributed by atoms with Crippen LogP contribution in [0.2, 0.25) is 5.02 Å². The number of nitrogens with one attached hydrogen (secondary N) is 1. The van der Waals surface area contributed by atoms with E-state index in [-0.39, 0.29) is 5.91 Å². The SMILES string of the molecule is Cc1ccc(NC(=O)c2cnc3c(c(C)cn3Cc3cnccn3)c2Cl)cc1. The maximum atomic E-state index is 12.7. The minimum absolute atomic E-state index is 0.288. The molecule has 0 atom stereocenters. The highest BCUT2D eigenvalue weighted by Crippen LogP contribution is 2.30. The molecule has 28 heavy (non-hydrogen) atoms. The number of halogens is 1. The Hall–Kier alpha value is -3.25. The van der Waals surface area contributed by atoms with E-state index in [1.165, 1.54) is 6.20 Å². The van der Waals surface area contributed by atoms with Crippen molar-refractivity contribution >= 4 is 34.2 Å². The van der Waals surface area contributed by atoms with Gasteiger partial charge in [-0.25, -0.2) is 4.98 Å². The van der Waals surface area contributed by atoms with Crippen LogP contribution in [0.15, 0.2) is 55.2 Å². The number of fused-ring (bicyclic) bond motifs is 1. The van der Waals surface area contributed by atoms with Crippen LogP contribution in [0.5, 0.6) is 0 Å². The van der Waals surface area contributed by atoms with Gasteiger partial charge in [-0.1, -0.05) is 29.3 Å². The van der Waals surface area contributed by atoms with Crippen molar-refractivity contribution in [3.05, 3.63) is 82.7 Å². The number of carbonyl (C=O) groups excluding carboxylic acids is 1. The lowest BCUT2D eigenvalue weighted by Gasteiger charge is -2.09. The molecule has 7 heteroatoms. The standard InChI is InChI=1S/C21H18ClN5O/c1-13-3-5-15(6-4-13)26-21(28)17-10-25-20-18(19(17)22)14(2)11-27(20)12-16-9-23-7-8-24-16/h3-11H,12H2,1-2H3,(H,26,28). The van der Waals surface area contributed by atoms with Crippen LogP contribution < -0.4 is 5.32 Å². The molecule has 3 aromatic heterocycles. The molecule has 1 amide bonds. The largest absolute Gasteiger partial charge is 0.326 e. The van der Waals surface area contributed by atoms with Crippen LogP contribution in [0, 0.1) is 13.8 Å². The molecule has 0 aliphatic carbocycles. The summed E-state index contributed by atoms with van der Waals surface area (Å²) in [5.74, 6) is -0.288. The lowest BCUT2D eigenvalue weighted by Crippen LogP contribution is -2.13. The molecule has 0 unspecified atom stereocenters. The molecule has 1 N–H and O–H groups in total. The lowest BCUT2D eigenvalue weighted by atomic mass is 10.1. The van der Waals surface area contributed by atoms with Crippen LogP contribution in [0.4, 0.5) is 5.69 Å². The Morgan fingerprint density at radius 2 is 1.89 bits per heavy atom. The Labute approximate surface area is 167 Å². The average molecular weight is 392 g/mol. The molecule has 0 aliphatic rings. The maximum Gasteiger partial charge on any atom is 0.258 e. The molecule has 0 saturated carbocycles. The minimum Gasteiger partial charge on any atom is -0.326 e. The zero-order valence-electron chi connectivity index (χ0n) is 15.5. The highest BCUT2D eigenvalue weighted by molar-refractivity contribution is 6.39. The van der Waals surface area contributed by atoms with Gasteiger partial charge in [-0.05, 0) is 31.5 Å². The molecule has 0 radical (unpaired) electrons. The van der Waals surface area contributed by atoms with E-state index in [0.29, 0.717) is 28.5 Å². The van der Waals surface area contributed by atoms with Crippen LogP contribution in [-0.2, 0) is 6.54 Å². The summed E-state index contributed by atoms with van der Waals surface area (Å²) in [5.41, 5.74) is 4.65. The molecule has 4 rings (SSSR count). The molecule has 6 nitrogen and oxygen atoms in total. The van der Waals surface area contributed by atoms with E-state index in [2.05, 4.69) is 20.3 Å². The molecule has 3 heterocycles. The van der Waals surface area contributed by atoms with Crippen LogP contribution in [0.1, 0.15) is 27.2 Å². The number of anilines is 1. The minimum atomic E-state index is -0.288. The quantitative estimate of drug-likeness (QED) is 0.559. The number of hydrogen-bond acceptors (Lipinski definition) is 4. The van der Waals surface area contributed by atoms with Gasteiger partial charge in [0.05, 0.1) is 29.0 Å². The summed E-state index contributed by atoms with van der Waals surface area (Å²) in [7, 11) is 0. The number of benzene rings is 1. The van der Waals surface area contributed by atoms with Gasteiger partial charge in [-0.2, -0.15) is 0 Å². The first kappa shape index (κ1) is 18.1. The predicted molar refractivity (Wildman–Crippen MR) is 110 cm³/mol. The second kappa shape index (κ2) is 7.40. The summed E-state index contributed by atoms with van der Waals surface area (Å²) in [6.07, 6.45) is 8.48. The molecule has 0 bridgehead atoms. The highest BCUT2D eigenvalue weighted by Gasteiger charge is 2.18. The second-order valence-electron chi connectivity index (χ2n) is 6.64. The number of rotatable bonds is 4. The molecular formula is C21H18ClN5O. The third-order valence-corrected chi connectivity index (χ3v) is 4.91. The number of hydrogen-bond donors (Lipinski definition) is 1. The van der Waals surface area contributed by atoms with Crippen LogP contribution in [0.25, 0.3) is 11.0 Å². The van der Waals surface area contributed by atoms with Gasteiger partial charge in [0.1, 0.15) is 5.65 Å². The normalized spacial score (nSPS) is 11.0. The van der Waals surface area contributed by atoms with E-state index < -0.39 is 0 Å². The average Bonchev–Trinajstić information content (AvgIpc) is 3.01. The fourth-order valence-electron chi connectivity index (χ4n) is 3.11. The molecule has 140 valence electrons. The van der Waals surface area contributed by atoms with Gasteiger partial charge in [-0.3, -0.25) is 14.8 Å². The van der Waals surface area contributed by atoms with Crippen molar-refractivity contribution in [2.45, 2.75) is 20.4 Å². The topological polar surface area (TPSA) is 72.7 Å². The predicted octanol–water partition coefficient (Wildman–Crippen LogP) is 4.40. The third-order valence-electron chi connectivity index (χ3n) is 4.51. The molecule has 0 spiro atoms. The smallest absolute Gasteiger partial charge is 0.258 e. The van der Waals surface area contributed by atoms with E-state index in [0.717, 1.165) is 22.2 Å². The zero-order chi connectivity index (χ0) is 19.7. The Bertz CT molecular complexity index is 1150. The van der Waals surface area contributed by atoms with Gasteiger partial charge >= 0.3 is 0 Å². The Morgan fingerprint density at radius 1 is 1.11 bits per heavy atom. The number of nitrogens with zero attached hydrogens (tertiary/aromatic N) is 4. The van der Waals surface area contributed by atoms with Gasteiger partial charge in [0.25, 0.3) is 5.91 Å². The molecule has 4 aromatic rings. The fourth-order valence-corrected chi connectivity index (χ4v) is 3.47. The second-order valence-corrected chi connectivity index (χ2v) is 7.02. The van der Waals surface area contributed by atoms with Crippen LogP contribution in [0.3, 0.4) is 0 Å². The summed E-state index contributed by atoms with van der Waals surface area (Å²) in [4.78, 5) is 25.6. The van der Waals surface area contributed by atoms with Gasteiger partial charge in [-0.15, -0.1) is 0 Å². The molecular weight excluding hydrogens is 374 g/mol. The van der Waals surface area contributed by atoms with Gasteiger partial charge in [0.15, 0.2) is 0 Å². The van der Waals surface area contributed by atoms with Crippen LogP contribution >= 0.6 is 11.6 Å². The van der Waals surface area contributed by atoms with Crippen molar-refractivity contribution in [2.24, 2.45) is 0 Å². The lowest BCUT2D eigenvalue weighted by molar-refractivity contribution is 0.102. The Kier molecular flexibility index (Phi) is 4.79. The van der Waals surface area contributed by atoms with Gasteiger partial charge < -0.3 is 9.88 Å². The number of amides is 1. The maximum absolute atomic E-state index is 12.7. The van der Waals surface area contributed by atoms with E-state index in [1.54, 1.807) is 18.6 Å². The number of pyridine rings is 1. The van der Waals surface area contributed by atoms with E-state index in [4.69, 9.17) is 11.6 Å². The summed E-state index contributed by atoms with van der Waals surface area (Å²) in [5, 5.41) is 4.03. The monoisotopic (exact) mass is 391 g/mol. The molecule has 0 saturated heterocycles. The zero-order valence-corrected chi connectivity index (χ0v) is 16.2. The summed E-state index contributed by atoms with van der Waals surface area (Å²) in [6.45, 7) is 4.47. The van der Waals surface area contributed by atoms with Crippen molar-refractivity contribution in [2.75, 3.05) is 5.32 Å². The van der Waals surface area contributed by atoms with Crippen molar-refractivity contribution in [1.82, 2.24) is 19.5 Å². The Morgan fingerprint density at radius 3 is 2.61 bits per heavy atom. The first-order valence-electron chi connectivity index (χ1n) is 8.80. The van der Waals surface area contributed by atoms with Crippen molar-refractivity contribution in [1.29, 1.82) is 0 Å². The fraction of sp³-hybridized carbons (Fsp3) is 0.143. The van der Waals surface area contributed by atoms with Crippen LogP contribution in [-0.4, -0.2) is 25.4 Å². The summed E-state index contributed by atoms with van der Waals surface area (Å²) in [6, 6.07) is 7.59. The first-order chi connectivity index (χ1) is 13.5. The van der Waals surface area contributed by atoms with E-state index in [9.17, 15) is 4.79 Å². The highest BCUT2D eigenvalue weighted by atomic mass is 35.5. The van der Waals surface area contributed by atoms with Gasteiger partial charge in [0, 0.05) is 35.9 Å². The summed E-state index contributed by atoms with van der Waals surface area (Å²) >= 11 is 6.61. The molecule has 0 aliphatic heterocycles. The van der Waals surface area contributed by atoms with E-state index in [1.807, 2.05) is 48.9 Å². The number of aryl methyl sites for hydroxylation is 2. The van der Waals surface area contributed by atoms with Crippen molar-refractivity contribution in [3.63, 3.8) is 0 Å². The first-order valence-corrected chi connectivity index (χ1v) is 9.17. The Balaban J connectivity index is 1.68. The molecule has 1 aromatic carbocycles. The van der Waals surface area contributed by atoms with E-state index >= 15 is 0 Å². The van der Waals surface area contributed by atoms with Gasteiger partial charge in [0.2, 0.25) is 0 Å². The van der Waals surface area contributed by atoms with Crippen molar-refractivity contribution < 1.29 is 4.79 Å². The summed E-state index contributed by atoms with van der Waals surface area (Å²) < 4.78 is 1.96. The van der Waals surface area contributed by atoms with Crippen molar-refractivity contribution in [3.8, 4) is 0 Å². The number of carbonyl (C=O) groups is 1. The third kappa shape index (κ3) is 3.46. The molecule has 0 fully saturated rings. The number of aromatic nitrogens is 4.